The molecule has 0 unspecified atom stereocenters. The van der Waals surface area contributed by atoms with Gasteiger partial charge in [-0.3, -0.25) is 4.79 Å². The van der Waals surface area contributed by atoms with E-state index in [0.29, 0.717) is 45.3 Å². The van der Waals surface area contributed by atoms with Gasteiger partial charge in [0.2, 0.25) is 10.0 Å². The lowest BCUT2D eigenvalue weighted by molar-refractivity contribution is -0.118. The molecule has 0 bridgehead atoms. The lowest BCUT2D eigenvalue weighted by Gasteiger charge is -2.36. The first kappa shape index (κ1) is 26.6. The molecule has 11 heteroatoms. The number of rotatable bonds is 7. The van der Waals surface area contributed by atoms with Crippen molar-refractivity contribution in [2.75, 3.05) is 43.0 Å². The summed E-state index contributed by atoms with van der Waals surface area (Å²) in [5.41, 5.74) is 2.13. The fourth-order valence-corrected chi connectivity index (χ4v) is 6.05. The predicted molar refractivity (Wildman–Crippen MR) is 144 cm³/mol. The number of piperazine rings is 1. The van der Waals surface area contributed by atoms with Gasteiger partial charge in [0.05, 0.1) is 26.3 Å². The van der Waals surface area contributed by atoms with Crippen LogP contribution in [0.25, 0.3) is 0 Å². The molecule has 3 aromatic rings. The Morgan fingerprint density at radius 3 is 2.31 bits per heavy atom. The summed E-state index contributed by atoms with van der Waals surface area (Å²) in [7, 11) is -3.60. The van der Waals surface area contributed by atoms with Crippen molar-refractivity contribution < 1.29 is 17.9 Å². The van der Waals surface area contributed by atoms with E-state index in [0.717, 1.165) is 5.56 Å². The lowest BCUT2D eigenvalue weighted by Crippen LogP contribution is -2.49. The van der Waals surface area contributed by atoms with Gasteiger partial charge in [-0.1, -0.05) is 58.6 Å². The summed E-state index contributed by atoms with van der Waals surface area (Å²) in [5.74, 6) is -0.0569. The Morgan fingerprint density at radius 1 is 0.944 bits per heavy atom. The average Bonchev–Trinajstić information content (AvgIpc) is 2.84. The van der Waals surface area contributed by atoms with Crippen LogP contribution >= 0.6 is 34.8 Å². The lowest BCUT2D eigenvalue weighted by atomic mass is 10.2. The van der Waals surface area contributed by atoms with Gasteiger partial charge < -0.3 is 15.0 Å². The largest absolute Gasteiger partial charge is 0.482 e. The van der Waals surface area contributed by atoms with Crippen LogP contribution in [-0.2, 0) is 14.8 Å². The highest BCUT2D eigenvalue weighted by Gasteiger charge is 2.30. The van der Waals surface area contributed by atoms with E-state index in [1.165, 1.54) is 10.4 Å². The van der Waals surface area contributed by atoms with Crippen LogP contribution in [0.2, 0.25) is 15.1 Å². The molecule has 190 valence electrons. The van der Waals surface area contributed by atoms with E-state index < -0.39 is 15.9 Å². The second-order valence-electron chi connectivity index (χ2n) is 8.25. The van der Waals surface area contributed by atoms with Gasteiger partial charge in [0.1, 0.15) is 5.75 Å². The summed E-state index contributed by atoms with van der Waals surface area (Å²) in [5, 5.41) is 4.05. The van der Waals surface area contributed by atoms with Gasteiger partial charge in [-0.05, 0) is 49.4 Å². The van der Waals surface area contributed by atoms with E-state index in [9.17, 15) is 13.2 Å². The molecule has 0 aliphatic carbocycles. The van der Waals surface area contributed by atoms with Crippen molar-refractivity contribution in [3.8, 4) is 5.75 Å². The van der Waals surface area contributed by atoms with Crippen molar-refractivity contribution in [3.05, 3.63) is 81.3 Å². The second kappa shape index (κ2) is 11.3. The minimum atomic E-state index is -3.60. The van der Waals surface area contributed by atoms with E-state index >= 15 is 0 Å². The summed E-state index contributed by atoms with van der Waals surface area (Å²) < 4.78 is 33.1. The Morgan fingerprint density at radius 2 is 1.64 bits per heavy atom. The summed E-state index contributed by atoms with van der Waals surface area (Å²) in [6.45, 7) is 3.03. The molecule has 1 N–H and O–H groups in total. The van der Waals surface area contributed by atoms with E-state index in [2.05, 4.69) is 5.32 Å². The number of hydrogen-bond donors (Lipinski definition) is 1. The number of para-hydroxylation sites is 1. The molecule has 0 atom stereocenters. The van der Waals surface area contributed by atoms with Gasteiger partial charge in [-0.15, -0.1) is 0 Å². The number of nitrogens with zero attached hydrogens (tertiary/aromatic N) is 2. The molecule has 0 saturated carbocycles. The van der Waals surface area contributed by atoms with E-state index in [-0.39, 0.29) is 24.6 Å². The van der Waals surface area contributed by atoms with E-state index in [1.54, 1.807) is 54.6 Å². The van der Waals surface area contributed by atoms with Crippen LogP contribution < -0.4 is 15.0 Å². The van der Waals surface area contributed by atoms with Crippen molar-refractivity contribution in [3.63, 3.8) is 0 Å². The molecule has 4 rings (SSSR count). The number of amides is 1. The normalized spacial score (nSPS) is 14.5. The number of halogens is 3. The molecule has 1 amide bonds. The first-order valence-electron chi connectivity index (χ1n) is 11.1. The van der Waals surface area contributed by atoms with Crippen LogP contribution in [0, 0.1) is 6.92 Å². The molecule has 3 aromatic carbocycles. The van der Waals surface area contributed by atoms with Crippen LogP contribution in [-0.4, -0.2) is 51.4 Å². The van der Waals surface area contributed by atoms with Gasteiger partial charge in [-0.2, -0.15) is 4.31 Å². The van der Waals surface area contributed by atoms with Crippen molar-refractivity contribution in [2.24, 2.45) is 0 Å². The molecule has 1 saturated heterocycles. The van der Waals surface area contributed by atoms with Crippen molar-refractivity contribution >= 4 is 62.1 Å². The summed E-state index contributed by atoms with van der Waals surface area (Å²) >= 11 is 18.5. The Labute approximate surface area is 225 Å². The van der Waals surface area contributed by atoms with Crippen molar-refractivity contribution in [1.82, 2.24) is 4.31 Å². The molecule has 0 radical (unpaired) electrons. The minimum Gasteiger partial charge on any atom is -0.482 e. The maximum absolute atomic E-state index is 13.0. The topological polar surface area (TPSA) is 79.0 Å². The Balaban J connectivity index is 1.43. The highest BCUT2D eigenvalue weighted by Crippen LogP contribution is 2.35. The number of anilines is 2. The fourth-order valence-electron chi connectivity index (χ4n) is 3.87. The molecule has 1 aliphatic heterocycles. The van der Waals surface area contributed by atoms with Gasteiger partial charge in [0, 0.05) is 31.2 Å². The van der Waals surface area contributed by atoms with Gasteiger partial charge in [0.25, 0.3) is 5.91 Å². The summed E-state index contributed by atoms with van der Waals surface area (Å²) in [4.78, 5) is 14.9. The zero-order valence-corrected chi connectivity index (χ0v) is 22.5. The predicted octanol–water partition coefficient (Wildman–Crippen LogP) is 5.48. The molecule has 36 heavy (non-hydrogen) atoms. The Hall–Kier alpha value is -2.49. The second-order valence-corrected chi connectivity index (χ2v) is 11.4. The number of carbonyl (C=O) groups excluding carboxylic acids is 1. The van der Waals surface area contributed by atoms with Crippen molar-refractivity contribution in [1.29, 1.82) is 0 Å². The highest BCUT2D eigenvalue weighted by molar-refractivity contribution is 7.89. The molecule has 1 heterocycles. The summed E-state index contributed by atoms with van der Waals surface area (Å²) in [6.07, 6.45) is 0. The van der Waals surface area contributed by atoms with Crippen molar-refractivity contribution in [2.45, 2.75) is 11.8 Å². The zero-order valence-electron chi connectivity index (χ0n) is 19.4. The first-order chi connectivity index (χ1) is 17.1. The molecule has 0 aromatic heterocycles. The Bertz CT molecular complexity index is 1360. The monoisotopic (exact) mass is 567 g/mol. The quantitative estimate of drug-likeness (QED) is 0.408. The first-order valence-corrected chi connectivity index (χ1v) is 13.7. The third-order valence-electron chi connectivity index (χ3n) is 5.73. The van der Waals surface area contributed by atoms with E-state index in [1.807, 2.05) is 11.8 Å². The smallest absolute Gasteiger partial charge is 0.262 e. The molecule has 1 aliphatic rings. The van der Waals surface area contributed by atoms with Crippen LogP contribution in [0.4, 0.5) is 11.4 Å². The standard InChI is InChI=1S/C25H24Cl3N3O4S/c1-17-5-8-19(9-6-17)36(33,34)31-13-11-30(12-14-31)25-20(27)3-2-4-22(25)29-24(32)16-35-23-10-7-18(26)15-21(23)28/h2-10,15H,11-14,16H2,1H3,(H,29,32). The van der Waals surface area contributed by atoms with E-state index in [4.69, 9.17) is 39.5 Å². The Kier molecular flexibility index (Phi) is 8.32. The average molecular weight is 569 g/mol. The van der Waals surface area contributed by atoms with Crippen LogP contribution in [0.15, 0.2) is 65.6 Å². The van der Waals surface area contributed by atoms with Crippen LogP contribution in [0.5, 0.6) is 5.75 Å². The SMILES string of the molecule is Cc1ccc(S(=O)(=O)N2CCN(c3c(Cl)cccc3NC(=O)COc3ccc(Cl)cc3Cl)CC2)cc1. The third-order valence-corrected chi connectivity index (χ3v) is 8.48. The number of ether oxygens (including phenoxy) is 1. The number of sulfonamides is 1. The highest BCUT2D eigenvalue weighted by atomic mass is 35.5. The van der Waals surface area contributed by atoms with Gasteiger partial charge in [-0.25, -0.2) is 8.42 Å². The maximum atomic E-state index is 13.0. The minimum absolute atomic E-state index is 0.268. The van der Waals surface area contributed by atoms with Gasteiger partial charge >= 0.3 is 0 Å². The molecule has 0 spiro atoms. The zero-order chi connectivity index (χ0) is 25.9. The molecule has 1 fully saturated rings. The third kappa shape index (κ3) is 6.07. The van der Waals surface area contributed by atoms with Gasteiger partial charge in [0.15, 0.2) is 6.61 Å². The number of carbonyl (C=O) groups is 1. The number of hydrogen-bond acceptors (Lipinski definition) is 5. The number of benzene rings is 3. The maximum Gasteiger partial charge on any atom is 0.262 e. The molecular weight excluding hydrogens is 545 g/mol. The van der Waals surface area contributed by atoms with Crippen LogP contribution in [0.1, 0.15) is 5.56 Å². The number of aryl methyl sites for hydroxylation is 1. The summed E-state index contributed by atoms with van der Waals surface area (Å²) in [6, 6.07) is 16.8. The number of nitrogens with one attached hydrogen (secondary N) is 1. The van der Waals surface area contributed by atoms with Crippen LogP contribution in [0.3, 0.4) is 0 Å². The molecule has 7 nitrogen and oxygen atoms in total. The fraction of sp³-hybridized carbons (Fsp3) is 0.240. The molecular formula is C25H24Cl3N3O4S.